The second kappa shape index (κ2) is 15.7. The second-order valence-electron chi connectivity index (χ2n) is 3.70. The Hall–Kier alpha value is -0.780. The van der Waals surface area contributed by atoms with Gasteiger partial charge in [0.05, 0.1) is 0 Å². The van der Waals surface area contributed by atoms with E-state index in [1.54, 1.807) is 0 Å². The molecule has 0 aliphatic heterocycles. The van der Waals surface area contributed by atoms with E-state index in [0.29, 0.717) is 0 Å². The highest BCUT2D eigenvalue weighted by Gasteiger charge is 1.90. The van der Waals surface area contributed by atoms with Gasteiger partial charge in [-0.2, -0.15) is 0 Å². The highest BCUT2D eigenvalue weighted by Crippen LogP contribution is 2.10. The van der Waals surface area contributed by atoms with Crippen LogP contribution in [0.3, 0.4) is 0 Å². The van der Waals surface area contributed by atoms with E-state index in [2.05, 4.69) is 52.2 Å². The Kier molecular flexibility index (Phi) is 17.4. The maximum atomic E-state index is 3.00. The summed E-state index contributed by atoms with van der Waals surface area (Å²) >= 11 is 0. The molecule has 0 saturated heterocycles. The number of hydrogen-bond acceptors (Lipinski definition) is 0. The molecule has 88 valence electrons. The molecule has 0 spiro atoms. The summed E-state index contributed by atoms with van der Waals surface area (Å²) in [6.07, 6.45) is 14.6. The molecule has 0 atom stereocenters. The molecular weight excluding hydrogens is 180 g/mol. The first-order valence-corrected chi connectivity index (χ1v) is 6.09. The lowest BCUT2D eigenvalue weighted by Crippen LogP contribution is -1.80. The summed E-state index contributed by atoms with van der Waals surface area (Å²) in [5.74, 6) is 0. The van der Waals surface area contributed by atoms with Crippen molar-refractivity contribution in [2.45, 2.75) is 59.3 Å². The molecule has 0 aromatic carbocycles. The van der Waals surface area contributed by atoms with Gasteiger partial charge >= 0.3 is 0 Å². The standard InChI is InChI=1S/C13H24.C2H4/c1-4-6-8-9-10-12-13(3)11-7-5-2;1-2/h5,7,11H,4,6,8-10,12H2,1-3H3;1-2H2/b7-5+,13-11+;. The van der Waals surface area contributed by atoms with Crippen LogP contribution in [0.1, 0.15) is 59.3 Å². The monoisotopic (exact) mass is 208 g/mol. The average molecular weight is 208 g/mol. The minimum atomic E-state index is 1.27. The van der Waals surface area contributed by atoms with Gasteiger partial charge in [-0.05, 0) is 26.7 Å². The van der Waals surface area contributed by atoms with Crippen molar-refractivity contribution in [3.05, 3.63) is 37.0 Å². The zero-order chi connectivity index (χ0) is 11.9. The quantitative estimate of drug-likeness (QED) is 0.287. The molecule has 0 aromatic heterocycles. The van der Waals surface area contributed by atoms with Crippen LogP contribution in [0.2, 0.25) is 0 Å². The van der Waals surface area contributed by atoms with Crippen LogP contribution in [0.25, 0.3) is 0 Å². The van der Waals surface area contributed by atoms with Gasteiger partial charge in [0.25, 0.3) is 0 Å². The van der Waals surface area contributed by atoms with E-state index < -0.39 is 0 Å². The molecule has 0 amide bonds. The highest BCUT2D eigenvalue weighted by molar-refractivity contribution is 5.09. The van der Waals surface area contributed by atoms with E-state index in [1.165, 1.54) is 44.1 Å². The molecule has 0 rings (SSSR count). The van der Waals surface area contributed by atoms with Crippen LogP contribution in [0.15, 0.2) is 37.0 Å². The van der Waals surface area contributed by atoms with Crippen LogP contribution < -0.4 is 0 Å². The minimum absolute atomic E-state index is 1.27. The zero-order valence-electron chi connectivity index (χ0n) is 10.9. The van der Waals surface area contributed by atoms with Gasteiger partial charge in [0.15, 0.2) is 0 Å². The number of rotatable bonds is 7. The van der Waals surface area contributed by atoms with Crippen molar-refractivity contribution in [1.29, 1.82) is 0 Å². The Balaban J connectivity index is 0. The molecule has 0 bridgehead atoms. The van der Waals surface area contributed by atoms with Crippen molar-refractivity contribution >= 4 is 0 Å². The largest absolute Gasteiger partial charge is 0.106 e. The lowest BCUT2D eigenvalue weighted by molar-refractivity contribution is 0.630. The van der Waals surface area contributed by atoms with Crippen molar-refractivity contribution in [2.75, 3.05) is 0 Å². The lowest BCUT2D eigenvalue weighted by atomic mass is 10.1. The molecule has 0 unspecified atom stereocenters. The summed E-state index contributed by atoms with van der Waals surface area (Å²) in [6, 6.07) is 0. The molecule has 0 radical (unpaired) electrons. The first-order chi connectivity index (χ1) is 7.31. The van der Waals surface area contributed by atoms with Crippen molar-refractivity contribution in [3.63, 3.8) is 0 Å². The molecular formula is C15H28. The smallest absolute Gasteiger partial charge is 0.0320 e. The van der Waals surface area contributed by atoms with Gasteiger partial charge in [-0.1, -0.05) is 56.4 Å². The Morgan fingerprint density at radius 3 is 2.20 bits per heavy atom. The van der Waals surface area contributed by atoms with Crippen LogP contribution in [-0.2, 0) is 0 Å². The first kappa shape index (κ1) is 16.6. The predicted octanol–water partition coefficient (Wildman–Crippen LogP) is 5.67. The number of hydrogen-bond donors (Lipinski definition) is 0. The van der Waals surface area contributed by atoms with Crippen molar-refractivity contribution in [3.8, 4) is 0 Å². The molecule has 15 heavy (non-hydrogen) atoms. The second-order valence-corrected chi connectivity index (χ2v) is 3.70. The van der Waals surface area contributed by atoms with Crippen molar-refractivity contribution in [2.24, 2.45) is 0 Å². The fraction of sp³-hybridized carbons (Fsp3) is 0.600. The van der Waals surface area contributed by atoms with Crippen LogP contribution in [0.4, 0.5) is 0 Å². The van der Waals surface area contributed by atoms with Crippen molar-refractivity contribution < 1.29 is 0 Å². The minimum Gasteiger partial charge on any atom is -0.106 e. The molecule has 0 N–H and O–H groups in total. The average Bonchev–Trinajstić information content (AvgIpc) is 2.29. The van der Waals surface area contributed by atoms with Gasteiger partial charge in [0.2, 0.25) is 0 Å². The summed E-state index contributed by atoms with van der Waals surface area (Å²) in [7, 11) is 0. The summed E-state index contributed by atoms with van der Waals surface area (Å²) in [5.41, 5.74) is 1.51. The third-order valence-corrected chi connectivity index (χ3v) is 2.25. The van der Waals surface area contributed by atoms with Gasteiger partial charge in [0, 0.05) is 0 Å². The van der Waals surface area contributed by atoms with Gasteiger partial charge in [-0.25, -0.2) is 0 Å². The van der Waals surface area contributed by atoms with Gasteiger partial charge in [0.1, 0.15) is 0 Å². The maximum Gasteiger partial charge on any atom is -0.0320 e. The topological polar surface area (TPSA) is 0 Å². The normalized spacial score (nSPS) is 11.3. The Morgan fingerprint density at radius 2 is 1.67 bits per heavy atom. The van der Waals surface area contributed by atoms with Crippen LogP contribution in [0.5, 0.6) is 0 Å². The zero-order valence-corrected chi connectivity index (χ0v) is 10.9. The fourth-order valence-electron chi connectivity index (χ4n) is 1.35. The van der Waals surface area contributed by atoms with E-state index in [-0.39, 0.29) is 0 Å². The summed E-state index contributed by atoms with van der Waals surface area (Å²) in [6.45, 7) is 12.5. The van der Waals surface area contributed by atoms with Crippen LogP contribution in [0, 0.1) is 0 Å². The van der Waals surface area contributed by atoms with E-state index in [4.69, 9.17) is 0 Å². The number of allylic oxidation sites excluding steroid dienone is 4. The van der Waals surface area contributed by atoms with Gasteiger partial charge in [-0.3, -0.25) is 0 Å². The molecule has 0 aromatic rings. The lowest BCUT2D eigenvalue weighted by Gasteiger charge is -2.00. The Labute approximate surface area is 96.8 Å². The van der Waals surface area contributed by atoms with Gasteiger partial charge < -0.3 is 0 Å². The molecule has 0 saturated carbocycles. The molecule has 0 heteroatoms. The Bertz CT molecular complexity index is 163. The van der Waals surface area contributed by atoms with Gasteiger partial charge in [-0.15, -0.1) is 13.2 Å². The predicted molar refractivity (Wildman–Crippen MR) is 73.2 cm³/mol. The SMILES string of the molecule is C/C=C/C=C(\C)CCCCCCC.C=C. The molecule has 0 nitrogen and oxygen atoms in total. The summed E-state index contributed by atoms with van der Waals surface area (Å²) < 4.78 is 0. The number of unbranched alkanes of at least 4 members (excludes halogenated alkanes) is 4. The molecule has 0 aliphatic rings. The fourth-order valence-corrected chi connectivity index (χ4v) is 1.35. The van der Waals surface area contributed by atoms with Crippen LogP contribution in [-0.4, -0.2) is 0 Å². The molecule has 0 heterocycles. The highest BCUT2D eigenvalue weighted by atomic mass is 14.0. The van der Waals surface area contributed by atoms with E-state index in [0.717, 1.165) is 0 Å². The maximum absolute atomic E-state index is 3.00. The van der Waals surface area contributed by atoms with Crippen molar-refractivity contribution in [1.82, 2.24) is 0 Å². The third kappa shape index (κ3) is 15.9. The first-order valence-electron chi connectivity index (χ1n) is 6.09. The van der Waals surface area contributed by atoms with E-state index >= 15 is 0 Å². The molecule has 0 fully saturated rings. The van der Waals surface area contributed by atoms with E-state index in [1.807, 2.05) is 0 Å². The van der Waals surface area contributed by atoms with Crippen LogP contribution >= 0.6 is 0 Å². The summed E-state index contributed by atoms with van der Waals surface area (Å²) in [5, 5.41) is 0. The van der Waals surface area contributed by atoms with E-state index in [9.17, 15) is 0 Å². The Morgan fingerprint density at radius 1 is 1.07 bits per heavy atom. The summed E-state index contributed by atoms with van der Waals surface area (Å²) in [4.78, 5) is 0. The molecule has 0 aliphatic carbocycles. The third-order valence-electron chi connectivity index (χ3n) is 2.25.